The van der Waals surface area contributed by atoms with Gasteiger partial charge in [-0.25, -0.2) is 4.98 Å². The van der Waals surface area contributed by atoms with Crippen molar-refractivity contribution in [2.45, 2.75) is 25.3 Å². The number of nitrogens with one attached hydrogen (secondary N) is 2. The van der Waals surface area contributed by atoms with Gasteiger partial charge in [0.05, 0.1) is 15.1 Å². The van der Waals surface area contributed by atoms with Gasteiger partial charge in [-0.2, -0.15) is 0 Å². The van der Waals surface area contributed by atoms with Gasteiger partial charge in [0.15, 0.2) is 5.13 Å². The number of thiazole rings is 1. The van der Waals surface area contributed by atoms with Crippen LogP contribution in [-0.4, -0.2) is 29.0 Å². The third-order valence-corrected chi connectivity index (χ3v) is 4.49. The Kier molecular flexibility index (Phi) is 3.79. The third kappa shape index (κ3) is 2.88. The van der Waals surface area contributed by atoms with Gasteiger partial charge in [0.1, 0.15) is 0 Å². The number of nitrogens with zero attached hydrogens (tertiary/aromatic N) is 2. The van der Waals surface area contributed by atoms with Crippen LogP contribution in [0.4, 0.5) is 10.8 Å². The van der Waals surface area contributed by atoms with Crippen LogP contribution in [0.2, 0.25) is 0 Å². The van der Waals surface area contributed by atoms with E-state index in [9.17, 15) is 10.1 Å². The molecule has 6 nitrogen and oxygen atoms in total. The lowest BCUT2D eigenvalue weighted by Crippen LogP contribution is -2.39. The number of nitro benzene ring substituents is 1. The van der Waals surface area contributed by atoms with Crippen molar-refractivity contribution in [2.24, 2.45) is 0 Å². The van der Waals surface area contributed by atoms with E-state index in [0.29, 0.717) is 11.6 Å². The van der Waals surface area contributed by atoms with Crippen LogP contribution in [0.3, 0.4) is 0 Å². The van der Waals surface area contributed by atoms with Crippen molar-refractivity contribution in [3.63, 3.8) is 0 Å². The van der Waals surface area contributed by atoms with E-state index in [0.717, 1.165) is 22.9 Å². The maximum absolute atomic E-state index is 10.7. The van der Waals surface area contributed by atoms with Crippen LogP contribution in [0, 0.1) is 10.1 Å². The van der Waals surface area contributed by atoms with Crippen LogP contribution in [-0.2, 0) is 0 Å². The van der Waals surface area contributed by atoms with Crippen molar-refractivity contribution in [2.75, 3.05) is 18.4 Å². The Hall–Kier alpha value is -1.73. The highest BCUT2D eigenvalue weighted by molar-refractivity contribution is 7.22. The van der Waals surface area contributed by atoms with E-state index in [4.69, 9.17) is 0 Å². The number of aromatic nitrogens is 1. The number of benzene rings is 1. The molecule has 1 saturated heterocycles. The number of hydrogen-bond donors (Lipinski definition) is 2. The predicted octanol–water partition coefficient (Wildman–Crippen LogP) is 2.76. The lowest BCUT2D eigenvalue weighted by molar-refractivity contribution is -0.384. The van der Waals surface area contributed by atoms with Crippen LogP contribution < -0.4 is 10.6 Å². The summed E-state index contributed by atoms with van der Waals surface area (Å²) < 4.78 is 0.967. The maximum atomic E-state index is 10.7. The van der Waals surface area contributed by atoms with Crippen LogP contribution in [0.5, 0.6) is 0 Å². The zero-order chi connectivity index (χ0) is 13.9. The van der Waals surface area contributed by atoms with Gasteiger partial charge in [0.2, 0.25) is 0 Å². The molecule has 0 bridgehead atoms. The van der Waals surface area contributed by atoms with Gasteiger partial charge < -0.3 is 10.6 Å². The number of piperidine rings is 1. The Morgan fingerprint density at radius 1 is 1.50 bits per heavy atom. The van der Waals surface area contributed by atoms with Crippen LogP contribution in [0.25, 0.3) is 10.2 Å². The van der Waals surface area contributed by atoms with Gasteiger partial charge in [0, 0.05) is 24.7 Å². The normalized spacial score (nSPS) is 19.1. The van der Waals surface area contributed by atoms with E-state index in [1.54, 1.807) is 6.07 Å². The van der Waals surface area contributed by atoms with E-state index >= 15 is 0 Å². The molecule has 20 heavy (non-hydrogen) atoms. The summed E-state index contributed by atoms with van der Waals surface area (Å²) in [5.41, 5.74) is 0.770. The summed E-state index contributed by atoms with van der Waals surface area (Å²) in [6.07, 6.45) is 3.70. The summed E-state index contributed by atoms with van der Waals surface area (Å²) in [6.45, 7) is 1.93. The maximum Gasteiger partial charge on any atom is 0.271 e. The minimum atomic E-state index is -0.391. The number of fused-ring (bicyclic) bond motifs is 1. The lowest BCUT2D eigenvalue weighted by Gasteiger charge is -2.23. The van der Waals surface area contributed by atoms with E-state index in [1.165, 1.54) is 42.7 Å². The number of anilines is 1. The van der Waals surface area contributed by atoms with Crippen LogP contribution >= 0.6 is 11.3 Å². The molecule has 0 saturated carbocycles. The van der Waals surface area contributed by atoms with Crippen molar-refractivity contribution in [1.82, 2.24) is 10.3 Å². The minimum Gasteiger partial charge on any atom is -0.360 e. The molecule has 1 aromatic carbocycles. The molecule has 3 rings (SSSR count). The summed E-state index contributed by atoms with van der Waals surface area (Å²) in [4.78, 5) is 14.8. The standard InChI is InChI=1S/C13H16N4O2S/c18-17(19)10-4-5-12-11(7-10)16-13(20-12)15-8-9-3-1-2-6-14-9/h4-5,7,9,14H,1-3,6,8H2,(H,15,16)/t9-/m1/s1. The number of hydrogen-bond acceptors (Lipinski definition) is 6. The fraction of sp³-hybridized carbons (Fsp3) is 0.462. The first-order valence-electron chi connectivity index (χ1n) is 6.74. The molecule has 1 aromatic heterocycles. The second kappa shape index (κ2) is 5.72. The molecular weight excluding hydrogens is 276 g/mol. The molecule has 0 spiro atoms. The second-order valence-electron chi connectivity index (χ2n) is 4.96. The van der Waals surface area contributed by atoms with E-state index in [-0.39, 0.29) is 5.69 Å². The van der Waals surface area contributed by atoms with E-state index in [1.807, 2.05) is 0 Å². The largest absolute Gasteiger partial charge is 0.360 e. The molecule has 2 heterocycles. The number of nitro groups is 1. The van der Waals surface area contributed by atoms with Crippen LogP contribution in [0.15, 0.2) is 18.2 Å². The Bertz CT molecular complexity index is 622. The van der Waals surface area contributed by atoms with Crippen molar-refractivity contribution in [1.29, 1.82) is 0 Å². The highest BCUT2D eigenvalue weighted by Gasteiger charge is 2.14. The molecule has 0 amide bonds. The number of rotatable bonds is 4. The molecule has 0 radical (unpaired) electrons. The molecule has 0 unspecified atom stereocenters. The molecule has 106 valence electrons. The first kappa shape index (κ1) is 13.3. The summed E-state index contributed by atoms with van der Waals surface area (Å²) >= 11 is 1.53. The van der Waals surface area contributed by atoms with E-state index < -0.39 is 4.92 Å². The summed E-state index contributed by atoms with van der Waals surface area (Å²) in [5.74, 6) is 0. The van der Waals surface area contributed by atoms with Crippen LogP contribution in [0.1, 0.15) is 19.3 Å². The zero-order valence-electron chi connectivity index (χ0n) is 11.0. The van der Waals surface area contributed by atoms with Crippen molar-refractivity contribution in [3.8, 4) is 0 Å². The molecule has 7 heteroatoms. The molecule has 2 N–H and O–H groups in total. The highest BCUT2D eigenvalue weighted by Crippen LogP contribution is 2.28. The second-order valence-corrected chi connectivity index (χ2v) is 5.99. The van der Waals surface area contributed by atoms with Crippen molar-refractivity contribution in [3.05, 3.63) is 28.3 Å². The summed E-state index contributed by atoms with van der Waals surface area (Å²) in [5, 5.41) is 18.4. The lowest BCUT2D eigenvalue weighted by atomic mass is 10.1. The average Bonchev–Trinajstić information content (AvgIpc) is 2.88. The predicted molar refractivity (Wildman–Crippen MR) is 80.4 cm³/mol. The first-order valence-corrected chi connectivity index (χ1v) is 7.56. The smallest absolute Gasteiger partial charge is 0.271 e. The van der Waals surface area contributed by atoms with Gasteiger partial charge in [-0.05, 0) is 25.5 Å². The fourth-order valence-electron chi connectivity index (χ4n) is 2.41. The van der Waals surface area contributed by atoms with Gasteiger partial charge in [-0.1, -0.05) is 17.8 Å². The molecule has 1 aliphatic rings. The fourth-order valence-corrected chi connectivity index (χ4v) is 3.27. The molecule has 1 fully saturated rings. The zero-order valence-corrected chi connectivity index (χ0v) is 11.8. The van der Waals surface area contributed by atoms with Gasteiger partial charge in [-0.15, -0.1) is 0 Å². The summed E-state index contributed by atoms with van der Waals surface area (Å²) in [7, 11) is 0. The number of non-ortho nitro benzene ring substituents is 1. The Balaban J connectivity index is 1.70. The molecule has 1 aliphatic heterocycles. The monoisotopic (exact) mass is 292 g/mol. The molecule has 1 atom stereocenters. The first-order chi connectivity index (χ1) is 9.72. The summed E-state index contributed by atoms with van der Waals surface area (Å²) in [6, 6.07) is 5.29. The highest BCUT2D eigenvalue weighted by atomic mass is 32.1. The van der Waals surface area contributed by atoms with Gasteiger partial charge >= 0.3 is 0 Å². The Labute approximate surface area is 120 Å². The molecule has 0 aliphatic carbocycles. The average molecular weight is 292 g/mol. The van der Waals surface area contributed by atoms with Crippen molar-refractivity contribution >= 4 is 32.4 Å². The SMILES string of the molecule is O=[N+]([O-])c1ccc2sc(NC[C@H]3CCCCN3)nc2c1. The Morgan fingerprint density at radius 2 is 2.40 bits per heavy atom. The topological polar surface area (TPSA) is 80.1 Å². The van der Waals surface area contributed by atoms with Gasteiger partial charge in [-0.3, -0.25) is 10.1 Å². The molecular formula is C13H16N4O2S. The quantitative estimate of drug-likeness (QED) is 0.669. The van der Waals surface area contributed by atoms with Gasteiger partial charge in [0.25, 0.3) is 5.69 Å². The van der Waals surface area contributed by atoms with Crippen molar-refractivity contribution < 1.29 is 4.92 Å². The third-order valence-electron chi connectivity index (χ3n) is 3.49. The van der Waals surface area contributed by atoms with E-state index in [2.05, 4.69) is 15.6 Å². The minimum absolute atomic E-state index is 0.0864. The molecule has 2 aromatic rings. The Morgan fingerprint density at radius 3 is 3.15 bits per heavy atom.